The zero-order valence-corrected chi connectivity index (χ0v) is 14.2. The van der Waals surface area contributed by atoms with E-state index in [4.69, 9.17) is 0 Å². The van der Waals surface area contributed by atoms with Crippen LogP contribution in [0.4, 0.5) is 16.2 Å². The molecule has 0 aliphatic carbocycles. The predicted octanol–water partition coefficient (Wildman–Crippen LogP) is 2.81. The van der Waals surface area contributed by atoms with E-state index < -0.39 is 10.0 Å². The van der Waals surface area contributed by atoms with Gasteiger partial charge in [-0.15, -0.1) is 11.3 Å². The summed E-state index contributed by atoms with van der Waals surface area (Å²) >= 11 is 1.17. The first-order chi connectivity index (χ1) is 11.0. The molecule has 1 fully saturated rings. The van der Waals surface area contributed by atoms with E-state index in [1.54, 1.807) is 58.6 Å². The lowest BCUT2D eigenvalue weighted by atomic mass is 10.2. The molecule has 0 saturated carbocycles. The van der Waals surface area contributed by atoms with Gasteiger partial charge in [0.2, 0.25) is 0 Å². The van der Waals surface area contributed by atoms with Gasteiger partial charge in [0.15, 0.2) is 0 Å². The number of rotatable bonds is 4. The standard InChI is InChI=1S/C15H17N3O3S2/c1-17-9-3-10-18(15(17)19)13-7-5-12(6-8-13)16-23(20,21)14-4-2-11-22-14/h2,4-8,11,16H,3,9-10H2,1H3. The van der Waals surface area contributed by atoms with Crippen molar-refractivity contribution in [2.45, 2.75) is 10.6 Å². The highest BCUT2D eigenvalue weighted by atomic mass is 32.2. The molecule has 1 saturated heterocycles. The molecular weight excluding hydrogens is 334 g/mol. The van der Waals surface area contributed by atoms with Gasteiger partial charge in [-0.05, 0) is 42.1 Å². The van der Waals surface area contributed by atoms with Crippen LogP contribution in [0.3, 0.4) is 0 Å². The minimum Gasteiger partial charge on any atom is -0.327 e. The van der Waals surface area contributed by atoms with E-state index in [2.05, 4.69) is 4.72 Å². The lowest BCUT2D eigenvalue weighted by Gasteiger charge is -2.33. The van der Waals surface area contributed by atoms with Crippen LogP contribution in [0.1, 0.15) is 6.42 Å². The van der Waals surface area contributed by atoms with Crippen LogP contribution >= 0.6 is 11.3 Å². The van der Waals surface area contributed by atoms with Gasteiger partial charge in [-0.25, -0.2) is 13.2 Å². The molecule has 3 rings (SSSR count). The van der Waals surface area contributed by atoms with E-state index in [0.29, 0.717) is 12.2 Å². The van der Waals surface area contributed by atoms with Crippen molar-refractivity contribution in [2.75, 3.05) is 29.8 Å². The first-order valence-corrected chi connectivity index (χ1v) is 9.53. The first kappa shape index (κ1) is 15.8. The van der Waals surface area contributed by atoms with E-state index in [-0.39, 0.29) is 10.2 Å². The van der Waals surface area contributed by atoms with E-state index in [0.717, 1.165) is 18.7 Å². The van der Waals surface area contributed by atoms with Gasteiger partial charge in [0, 0.05) is 31.5 Å². The monoisotopic (exact) mass is 351 g/mol. The number of thiophene rings is 1. The SMILES string of the molecule is CN1CCCN(c2ccc(NS(=O)(=O)c3cccs3)cc2)C1=O. The third kappa shape index (κ3) is 3.32. The number of nitrogens with one attached hydrogen (secondary N) is 1. The molecule has 0 radical (unpaired) electrons. The van der Waals surface area contributed by atoms with Gasteiger partial charge >= 0.3 is 6.03 Å². The third-order valence-electron chi connectivity index (χ3n) is 3.62. The summed E-state index contributed by atoms with van der Waals surface area (Å²) in [5, 5.41) is 1.72. The van der Waals surface area contributed by atoms with Crippen LogP contribution in [0, 0.1) is 0 Å². The summed E-state index contributed by atoms with van der Waals surface area (Å²) in [6.07, 6.45) is 0.912. The number of nitrogens with zero attached hydrogens (tertiary/aromatic N) is 2. The summed E-state index contributed by atoms with van der Waals surface area (Å²) < 4.78 is 27.2. The summed E-state index contributed by atoms with van der Waals surface area (Å²) in [4.78, 5) is 15.5. The van der Waals surface area contributed by atoms with Crippen molar-refractivity contribution < 1.29 is 13.2 Å². The normalized spacial score (nSPS) is 15.8. The van der Waals surface area contributed by atoms with Gasteiger partial charge in [-0.3, -0.25) is 9.62 Å². The molecule has 2 heterocycles. The van der Waals surface area contributed by atoms with Gasteiger partial charge in [0.1, 0.15) is 4.21 Å². The highest BCUT2D eigenvalue weighted by molar-refractivity contribution is 7.94. The van der Waals surface area contributed by atoms with Crippen molar-refractivity contribution in [1.82, 2.24) is 4.90 Å². The number of hydrogen-bond acceptors (Lipinski definition) is 4. The fraction of sp³-hybridized carbons (Fsp3) is 0.267. The first-order valence-electron chi connectivity index (χ1n) is 7.16. The van der Waals surface area contributed by atoms with Crippen LogP contribution in [-0.2, 0) is 10.0 Å². The fourth-order valence-electron chi connectivity index (χ4n) is 2.43. The molecule has 0 atom stereocenters. The van der Waals surface area contributed by atoms with Crippen molar-refractivity contribution in [1.29, 1.82) is 0 Å². The molecule has 23 heavy (non-hydrogen) atoms. The number of carbonyl (C=O) groups is 1. The maximum absolute atomic E-state index is 12.2. The molecule has 122 valence electrons. The molecular formula is C15H17N3O3S2. The Labute approximate surface area is 139 Å². The van der Waals surface area contributed by atoms with Gasteiger partial charge < -0.3 is 4.90 Å². The molecule has 1 aliphatic heterocycles. The summed E-state index contributed by atoms with van der Waals surface area (Å²) in [6, 6.07) is 10.1. The molecule has 1 N–H and O–H groups in total. The van der Waals surface area contributed by atoms with Crippen LogP contribution in [0.25, 0.3) is 0 Å². The summed E-state index contributed by atoms with van der Waals surface area (Å²) in [5.74, 6) is 0. The second-order valence-electron chi connectivity index (χ2n) is 5.29. The average molecular weight is 351 g/mol. The second-order valence-corrected chi connectivity index (χ2v) is 8.15. The molecule has 0 unspecified atom stereocenters. The highest BCUT2D eigenvalue weighted by Crippen LogP contribution is 2.24. The Morgan fingerprint density at radius 3 is 2.52 bits per heavy atom. The molecule has 6 nitrogen and oxygen atoms in total. The summed E-state index contributed by atoms with van der Waals surface area (Å²) in [6.45, 7) is 1.43. The van der Waals surface area contributed by atoms with Crippen LogP contribution < -0.4 is 9.62 Å². The van der Waals surface area contributed by atoms with Gasteiger partial charge in [0.25, 0.3) is 10.0 Å². The lowest BCUT2D eigenvalue weighted by Crippen LogP contribution is -2.47. The van der Waals surface area contributed by atoms with Gasteiger partial charge in [-0.1, -0.05) is 6.07 Å². The molecule has 1 aromatic carbocycles. The Kier molecular flexibility index (Phi) is 4.27. The quantitative estimate of drug-likeness (QED) is 0.921. The molecule has 1 aliphatic rings. The number of anilines is 2. The molecule has 0 bridgehead atoms. The Morgan fingerprint density at radius 2 is 1.87 bits per heavy atom. The van der Waals surface area contributed by atoms with Crippen molar-refractivity contribution in [2.24, 2.45) is 0 Å². The third-order valence-corrected chi connectivity index (χ3v) is 6.40. The second kappa shape index (κ2) is 6.21. The number of carbonyl (C=O) groups excluding carboxylic acids is 1. The summed E-state index contributed by atoms with van der Waals surface area (Å²) in [5.41, 5.74) is 1.24. The molecule has 2 aromatic rings. The number of hydrogen-bond donors (Lipinski definition) is 1. The zero-order chi connectivity index (χ0) is 16.4. The Morgan fingerprint density at radius 1 is 1.13 bits per heavy atom. The molecule has 2 amide bonds. The number of benzene rings is 1. The Bertz CT molecular complexity index is 786. The van der Waals surface area contributed by atoms with Gasteiger partial charge in [-0.2, -0.15) is 0 Å². The predicted molar refractivity (Wildman–Crippen MR) is 91.6 cm³/mol. The summed E-state index contributed by atoms with van der Waals surface area (Å²) in [7, 11) is -1.77. The van der Waals surface area contributed by atoms with Crippen LogP contribution in [0.5, 0.6) is 0 Å². The molecule has 1 aromatic heterocycles. The smallest absolute Gasteiger partial charge is 0.324 e. The number of amides is 2. The largest absolute Gasteiger partial charge is 0.327 e. The van der Waals surface area contributed by atoms with Crippen molar-refractivity contribution in [3.63, 3.8) is 0 Å². The lowest BCUT2D eigenvalue weighted by molar-refractivity contribution is 0.207. The van der Waals surface area contributed by atoms with Crippen molar-refractivity contribution >= 4 is 38.8 Å². The maximum atomic E-state index is 12.2. The van der Waals surface area contributed by atoms with Crippen LogP contribution in [0.15, 0.2) is 46.0 Å². The van der Waals surface area contributed by atoms with E-state index >= 15 is 0 Å². The minimum atomic E-state index is -3.55. The minimum absolute atomic E-state index is 0.0387. The van der Waals surface area contributed by atoms with Crippen molar-refractivity contribution in [3.8, 4) is 0 Å². The van der Waals surface area contributed by atoms with E-state index in [1.165, 1.54) is 11.3 Å². The average Bonchev–Trinajstić information content (AvgIpc) is 3.06. The van der Waals surface area contributed by atoms with E-state index in [9.17, 15) is 13.2 Å². The highest BCUT2D eigenvalue weighted by Gasteiger charge is 2.24. The molecule has 0 spiro atoms. The van der Waals surface area contributed by atoms with Crippen LogP contribution in [0.2, 0.25) is 0 Å². The maximum Gasteiger partial charge on any atom is 0.324 e. The fourth-order valence-corrected chi connectivity index (χ4v) is 4.49. The zero-order valence-electron chi connectivity index (χ0n) is 12.6. The Hall–Kier alpha value is -2.06. The van der Waals surface area contributed by atoms with E-state index in [1.807, 2.05) is 0 Å². The topological polar surface area (TPSA) is 69.7 Å². The van der Waals surface area contributed by atoms with Crippen molar-refractivity contribution in [3.05, 3.63) is 41.8 Å². The molecule has 8 heteroatoms. The number of urea groups is 1. The Balaban J connectivity index is 1.76. The number of sulfonamides is 1. The van der Waals surface area contributed by atoms with Crippen LogP contribution in [-0.4, -0.2) is 39.5 Å². The van der Waals surface area contributed by atoms with Gasteiger partial charge in [0.05, 0.1) is 0 Å².